The highest BCUT2D eigenvalue weighted by Gasteiger charge is 2.14. The molecular formula is C17H18BrN3O. The highest BCUT2D eigenvalue weighted by molar-refractivity contribution is 9.10. The Morgan fingerprint density at radius 2 is 1.91 bits per heavy atom. The molecule has 1 amide bonds. The van der Waals surface area contributed by atoms with Gasteiger partial charge in [0.2, 0.25) is 0 Å². The van der Waals surface area contributed by atoms with Crippen LogP contribution in [0.1, 0.15) is 36.0 Å². The molecule has 1 aliphatic carbocycles. The molecule has 5 heteroatoms. The van der Waals surface area contributed by atoms with Crippen LogP contribution in [0.3, 0.4) is 0 Å². The van der Waals surface area contributed by atoms with Crippen molar-refractivity contribution in [2.45, 2.75) is 31.7 Å². The Labute approximate surface area is 138 Å². The second-order valence-electron chi connectivity index (χ2n) is 5.49. The number of amides is 1. The van der Waals surface area contributed by atoms with E-state index in [1.807, 2.05) is 30.3 Å². The molecule has 3 rings (SSSR count). The number of carbonyl (C=O) groups is 1. The molecule has 0 saturated heterocycles. The lowest BCUT2D eigenvalue weighted by atomic mass is 10.2. The maximum atomic E-state index is 12.2. The summed E-state index contributed by atoms with van der Waals surface area (Å²) in [4.78, 5) is 16.5. The van der Waals surface area contributed by atoms with E-state index in [2.05, 4.69) is 31.5 Å². The molecule has 1 heterocycles. The van der Waals surface area contributed by atoms with Crippen LogP contribution in [0.5, 0.6) is 0 Å². The highest BCUT2D eigenvalue weighted by atomic mass is 79.9. The first kappa shape index (κ1) is 15.0. The molecule has 2 aromatic rings. The predicted molar refractivity (Wildman–Crippen MR) is 92.2 cm³/mol. The zero-order valence-electron chi connectivity index (χ0n) is 12.2. The lowest BCUT2D eigenvalue weighted by molar-refractivity contribution is 0.102. The van der Waals surface area contributed by atoms with Gasteiger partial charge in [-0.25, -0.2) is 4.98 Å². The van der Waals surface area contributed by atoms with Crippen molar-refractivity contribution in [2.24, 2.45) is 0 Å². The number of halogens is 1. The van der Waals surface area contributed by atoms with Crippen LogP contribution in [-0.4, -0.2) is 16.9 Å². The summed E-state index contributed by atoms with van der Waals surface area (Å²) in [6.45, 7) is 0. The van der Waals surface area contributed by atoms with Crippen molar-refractivity contribution in [1.82, 2.24) is 4.98 Å². The molecule has 0 atom stereocenters. The van der Waals surface area contributed by atoms with Crippen molar-refractivity contribution in [2.75, 3.05) is 10.6 Å². The van der Waals surface area contributed by atoms with Gasteiger partial charge in [0.25, 0.3) is 5.91 Å². The van der Waals surface area contributed by atoms with Crippen LogP contribution in [0.4, 0.5) is 11.5 Å². The molecule has 1 aromatic heterocycles. The van der Waals surface area contributed by atoms with Crippen molar-refractivity contribution in [1.29, 1.82) is 0 Å². The molecule has 114 valence electrons. The van der Waals surface area contributed by atoms with Crippen molar-refractivity contribution in [3.63, 3.8) is 0 Å². The van der Waals surface area contributed by atoms with Crippen LogP contribution in [0.25, 0.3) is 0 Å². The Morgan fingerprint density at radius 3 is 2.59 bits per heavy atom. The molecular weight excluding hydrogens is 342 g/mol. The molecule has 0 unspecified atom stereocenters. The van der Waals surface area contributed by atoms with Gasteiger partial charge in [-0.05, 0) is 53.0 Å². The summed E-state index contributed by atoms with van der Waals surface area (Å²) in [5.41, 5.74) is 1.60. The number of hydrogen-bond acceptors (Lipinski definition) is 3. The van der Waals surface area contributed by atoms with Gasteiger partial charge in [-0.1, -0.05) is 25.0 Å². The Kier molecular flexibility index (Phi) is 4.73. The third kappa shape index (κ3) is 3.65. The number of anilines is 2. The quantitative estimate of drug-likeness (QED) is 0.847. The van der Waals surface area contributed by atoms with E-state index in [0.717, 1.165) is 10.2 Å². The fourth-order valence-electron chi connectivity index (χ4n) is 2.69. The minimum absolute atomic E-state index is 0.170. The highest BCUT2D eigenvalue weighted by Crippen LogP contribution is 2.22. The Balaban J connectivity index is 1.63. The fourth-order valence-corrected chi connectivity index (χ4v) is 3.15. The van der Waals surface area contributed by atoms with Gasteiger partial charge >= 0.3 is 0 Å². The van der Waals surface area contributed by atoms with E-state index in [0.29, 0.717) is 17.4 Å². The molecule has 0 aliphatic heterocycles. The van der Waals surface area contributed by atoms with Gasteiger partial charge in [0, 0.05) is 10.5 Å². The van der Waals surface area contributed by atoms with Crippen LogP contribution in [-0.2, 0) is 0 Å². The molecule has 0 radical (unpaired) electrons. The van der Waals surface area contributed by atoms with Gasteiger partial charge in [-0.15, -0.1) is 0 Å². The molecule has 1 saturated carbocycles. The van der Waals surface area contributed by atoms with Gasteiger partial charge in [0.05, 0.1) is 17.4 Å². The van der Waals surface area contributed by atoms with Crippen molar-refractivity contribution in [3.05, 3.63) is 52.6 Å². The molecule has 1 fully saturated rings. The number of nitrogens with zero attached hydrogens (tertiary/aromatic N) is 1. The molecule has 1 aliphatic rings. The topological polar surface area (TPSA) is 54.0 Å². The van der Waals surface area contributed by atoms with Gasteiger partial charge in [0.15, 0.2) is 0 Å². The second kappa shape index (κ2) is 6.92. The van der Waals surface area contributed by atoms with E-state index < -0.39 is 0 Å². The van der Waals surface area contributed by atoms with Gasteiger partial charge in [0.1, 0.15) is 5.82 Å². The summed E-state index contributed by atoms with van der Waals surface area (Å²) in [7, 11) is 0. The number of benzene rings is 1. The number of rotatable bonds is 4. The molecule has 22 heavy (non-hydrogen) atoms. The Bertz CT molecular complexity index is 651. The Hall–Kier alpha value is -1.88. The maximum Gasteiger partial charge on any atom is 0.257 e. The number of pyridine rings is 1. The van der Waals surface area contributed by atoms with E-state index in [4.69, 9.17) is 0 Å². The average molecular weight is 360 g/mol. The Morgan fingerprint density at radius 1 is 1.14 bits per heavy atom. The first-order chi connectivity index (χ1) is 10.7. The largest absolute Gasteiger partial charge is 0.381 e. The van der Waals surface area contributed by atoms with E-state index in [-0.39, 0.29) is 5.91 Å². The van der Waals surface area contributed by atoms with Crippen LogP contribution >= 0.6 is 15.9 Å². The van der Waals surface area contributed by atoms with E-state index in [1.54, 1.807) is 12.3 Å². The van der Waals surface area contributed by atoms with Gasteiger partial charge < -0.3 is 10.6 Å². The van der Waals surface area contributed by atoms with Crippen molar-refractivity contribution in [3.8, 4) is 0 Å². The summed E-state index contributed by atoms with van der Waals surface area (Å²) in [6, 6.07) is 11.7. The maximum absolute atomic E-state index is 12.2. The summed E-state index contributed by atoms with van der Waals surface area (Å²) >= 11 is 3.38. The minimum Gasteiger partial charge on any atom is -0.381 e. The lowest BCUT2D eigenvalue weighted by Crippen LogP contribution is -2.15. The third-order valence-corrected chi connectivity index (χ3v) is 4.54. The monoisotopic (exact) mass is 359 g/mol. The zero-order valence-corrected chi connectivity index (χ0v) is 13.8. The average Bonchev–Trinajstić information content (AvgIpc) is 3.02. The fraction of sp³-hybridized carbons (Fsp3) is 0.294. The third-order valence-electron chi connectivity index (χ3n) is 3.85. The van der Waals surface area contributed by atoms with Crippen LogP contribution in [0, 0.1) is 0 Å². The van der Waals surface area contributed by atoms with Crippen molar-refractivity contribution < 1.29 is 4.79 Å². The summed E-state index contributed by atoms with van der Waals surface area (Å²) < 4.78 is 0.770. The molecule has 2 N–H and O–H groups in total. The first-order valence-corrected chi connectivity index (χ1v) is 8.30. The summed E-state index contributed by atoms with van der Waals surface area (Å²) in [5.74, 6) is 0.384. The van der Waals surface area contributed by atoms with Gasteiger partial charge in [-0.2, -0.15) is 0 Å². The number of hydrogen-bond donors (Lipinski definition) is 2. The van der Waals surface area contributed by atoms with E-state index in [1.165, 1.54) is 25.7 Å². The zero-order chi connectivity index (χ0) is 15.4. The van der Waals surface area contributed by atoms with Crippen molar-refractivity contribution >= 4 is 33.3 Å². The molecule has 1 aromatic carbocycles. The second-order valence-corrected chi connectivity index (χ2v) is 6.35. The molecule has 0 spiro atoms. The SMILES string of the molecule is O=C(Nc1ccc(NC2CCCC2)cn1)c1ccccc1Br. The number of nitrogens with one attached hydrogen (secondary N) is 2. The lowest BCUT2D eigenvalue weighted by Gasteiger charge is -2.13. The van der Waals surface area contributed by atoms with Gasteiger partial charge in [-0.3, -0.25) is 4.79 Å². The molecule has 0 bridgehead atoms. The molecule has 4 nitrogen and oxygen atoms in total. The summed E-state index contributed by atoms with van der Waals surface area (Å²) in [5, 5.41) is 6.29. The van der Waals surface area contributed by atoms with Crippen LogP contribution in [0.15, 0.2) is 47.1 Å². The first-order valence-electron chi connectivity index (χ1n) is 7.51. The van der Waals surface area contributed by atoms with Crippen LogP contribution in [0.2, 0.25) is 0 Å². The number of aromatic nitrogens is 1. The standard InChI is InChI=1S/C17H18BrN3O/c18-15-8-4-3-7-14(15)17(22)21-16-10-9-13(11-19-16)20-12-5-1-2-6-12/h3-4,7-12,20H,1-2,5-6H2,(H,19,21,22). The predicted octanol–water partition coefficient (Wildman–Crippen LogP) is 4.45. The van der Waals surface area contributed by atoms with E-state index >= 15 is 0 Å². The minimum atomic E-state index is -0.170. The normalized spacial score (nSPS) is 14.8. The smallest absolute Gasteiger partial charge is 0.257 e. The summed E-state index contributed by atoms with van der Waals surface area (Å²) in [6.07, 6.45) is 6.81. The number of carbonyl (C=O) groups excluding carboxylic acids is 1. The van der Waals surface area contributed by atoms with Crippen LogP contribution < -0.4 is 10.6 Å². The van der Waals surface area contributed by atoms with E-state index in [9.17, 15) is 4.79 Å².